The Bertz CT molecular complexity index is 993. The second-order valence-electron chi connectivity index (χ2n) is 5.31. The van der Waals surface area contributed by atoms with E-state index in [0.29, 0.717) is 22.6 Å². The third kappa shape index (κ3) is 3.31. The molecule has 132 valence electrons. The lowest BCUT2D eigenvalue weighted by atomic mass is 10.2. The largest absolute Gasteiger partial charge is 0.497 e. The summed E-state index contributed by atoms with van der Waals surface area (Å²) < 4.78 is 12.2. The van der Waals surface area contributed by atoms with Crippen molar-refractivity contribution in [2.75, 3.05) is 13.0 Å². The number of aromatic nitrogens is 4. The number of hydrogen-bond donors (Lipinski definition) is 1. The Morgan fingerprint density at radius 1 is 1.23 bits per heavy atom. The van der Waals surface area contributed by atoms with E-state index < -0.39 is 0 Å². The molecule has 2 N–H and O–H groups in total. The number of nitrogens with two attached hydrogens (primary N) is 1. The topological polar surface area (TPSA) is 92.0 Å². The van der Waals surface area contributed by atoms with E-state index in [1.807, 2.05) is 41.8 Å². The molecular weight excluding hydrogens is 370 g/mol. The fourth-order valence-electron chi connectivity index (χ4n) is 2.34. The molecule has 4 rings (SSSR count). The molecule has 7 nitrogen and oxygen atoms in total. The van der Waals surface area contributed by atoms with E-state index in [1.54, 1.807) is 24.7 Å². The summed E-state index contributed by atoms with van der Waals surface area (Å²) in [6.45, 7) is 0. The van der Waals surface area contributed by atoms with Gasteiger partial charge in [-0.25, -0.2) is 9.66 Å². The van der Waals surface area contributed by atoms with Crippen molar-refractivity contribution in [1.82, 2.24) is 19.9 Å². The van der Waals surface area contributed by atoms with Crippen LogP contribution < -0.4 is 10.6 Å². The molecule has 4 aromatic rings. The van der Waals surface area contributed by atoms with Crippen molar-refractivity contribution in [2.45, 2.75) is 10.9 Å². The lowest BCUT2D eigenvalue weighted by molar-refractivity contribution is 0.415. The maximum atomic E-state index is 6.15. The minimum absolute atomic E-state index is 0.590. The third-order valence-corrected chi connectivity index (χ3v) is 5.48. The first kappa shape index (κ1) is 16.7. The Kier molecular flexibility index (Phi) is 4.63. The van der Waals surface area contributed by atoms with Crippen molar-refractivity contribution in [2.24, 2.45) is 0 Å². The summed E-state index contributed by atoms with van der Waals surface area (Å²) in [5.74, 6) is 8.74. The van der Waals surface area contributed by atoms with Crippen LogP contribution in [0.5, 0.6) is 5.75 Å². The quantitative estimate of drug-likeness (QED) is 0.400. The number of thiophene rings is 1. The van der Waals surface area contributed by atoms with Crippen molar-refractivity contribution in [3.05, 3.63) is 53.7 Å². The van der Waals surface area contributed by atoms with Crippen LogP contribution in [0.25, 0.3) is 22.2 Å². The summed E-state index contributed by atoms with van der Waals surface area (Å²) in [5, 5.41) is 11.0. The average molecular weight is 385 g/mol. The summed E-state index contributed by atoms with van der Waals surface area (Å²) in [6.07, 6.45) is 1.66. The Morgan fingerprint density at radius 3 is 2.81 bits per heavy atom. The maximum absolute atomic E-state index is 6.15. The molecule has 0 aliphatic heterocycles. The Labute approximate surface area is 157 Å². The molecule has 0 spiro atoms. The molecule has 26 heavy (non-hydrogen) atoms. The SMILES string of the molecule is COc1ccc(-c2nnc(SCc3coc(-c4cccs4)n3)n2N)cc1. The van der Waals surface area contributed by atoms with Crippen LogP contribution in [-0.4, -0.2) is 27.0 Å². The monoisotopic (exact) mass is 385 g/mol. The van der Waals surface area contributed by atoms with E-state index >= 15 is 0 Å². The first-order chi connectivity index (χ1) is 12.7. The molecule has 0 fully saturated rings. The van der Waals surface area contributed by atoms with Crippen LogP contribution in [0, 0.1) is 0 Å². The van der Waals surface area contributed by atoms with Crippen LogP contribution in [0.2, 0.25) is 0 Å². The summed E-state index contributed by atoms with van der Waals surface area (Å²) in [7, 11) is 1.63. The molecule has 0 aliphatic rings. The van der Waals surface area contributed by atoms with Gasteiger partial charge in [0.25, 0.3) is 0 Å². The van der Waals surface area contributed by atoms with Gasteiger partial charge in [-0.1, -0.05) is 17.8 Å². The number of oxazole rings is 1. The van der Waals surface area contributed by atoms with Crippen molar-refractivity contribution >= 4 is 23.1 Å². The van der Waals surface area contributed by atoms with Crippen LogP contribution in [0.4, 0.5) is 0 Å². The van der Waals surface area contributed by atoms with Gasteiger partial charge in [0.1, 0.15) is 12.0 Å². The molecule has 0 bridgehead atoms. The fourth-order valence-corrected chi connectivity index (χ4v) is 3.73. The summed E-state index contributed by atoms with van der Waals surface area (Å²) >= 11 is 3.05. The first-order valence-corrected chi connectivity index (χ1v) is 9.57. The van der Waals surface area contributed by atoms with Gasteiger partial charge in [0, 0.05) is 11.3 Å². The first-order valence-electron chi connectivity index (χ1n) is 7.70. The van der Waals surface area contributed by atoms with Crippen LogP contribution in [0.15, 0.2) is 57.6 Å². The Balaban J connectivity index is 1.46. The lowest BCUT2D eigenvalue weighted by Crippen LogP contribution is -2.11. The average Bonchev–Trinajstić information content (AvgIpc) is 3.41. The van der Waals surface area contributed by atoms with Gasteiger partial charge in [0.05, 0.1) is 17.7 Å². The molecule has 0 saturated carbocycles. The number of hydrogen-bond acceptors (Lipinski definition) is 8. The van der Waals surface area contributed by atoms with Gasteiger partial charge in [-0.05, 0) is 35.7 Å². The minimum atomic E-state index is 0.590. The van der Waals surface area contributed by atoms with Crippen molar-refractivity contribution in [3.8, 4) is 27.9 Å². The second-order valence-corrected chi connectivity index (χ2v) is 7.20. The predicted molar refractivity (Wildman–Crippen MR) is 102 cm³/mol. The Hall–Kier alpha value is -2.78. The third-order valence-electron chi connectivity index (χ3n) is 3.65. The van der Waals surface area contributed by atoms with E-state index in [1.165, 1.54) is 16.4 Å². The van der Waals surface area contributed by atoms with Crippen LogP contribution in [0.3, 0.4) is 0 Å². The smallest absolute Gasteiger partial charge is 0.236 e. The van der Waals surface area contributed by atoms with Crippen molar-refractivity contribution in [3.63, 3.8) is 0 Å². The Morgan fingerprint density at radius 2 is 2.08 bits per heavy atom. The number of rotatable bonds is 6. The van der Waals surface area contributed by atoms with E-state index in [2.05, 4.69) is 15.2 Å². The van der Waals surface area contributed by atoms with Gasteiger partial charge in [-0.2, -0.15) is 0 Å². The number of methoxy groups -OCH3 is 1. The van der Waals surface area contributed by atoms with Crippen LogP contribution in [-0.2, 0) is 5.75 Å². The summed E-state index contributed by atoms with van der Waals surface area (Å²) in [4.78, 5) is 5.50. The highest BCUT2D eigenvalue weighted by Gasteiger charge is 2.14. The molecule has 0 saturated heterocycles. The molecule has 3 aromatic heterocycles. The van der Waals surface area contributed by atoms with E-state index in [4.69, 9.17) is 15.0 Å². The van der Waals surface area contributed by atoms with Gasteiger partial charge in [-0.15, -0.1) is 21.5 Å². The normalized spacial score (nSPS) is 11.0. The highest BCUT2D eigenvalue weighted by molar-refractivity contribution is 7.98. The molecule has 0 amide bonds. The van der Waals surface area contributed by atoms with Gasteiger partial charge in [0.15, 0.2) is 5.82 Å². The van der Waals surface area contributed by atoms with Crippen LogP contribution in [0.1, 0.15) is 5.69 Å². The zero-order chi connectivity index (χ0) is 17.9. The predicted octanol–water partition coefficient (Wildman–Crippen LogP) is 3.68. The molecule has 0 atom stereocenters. The van der Waals surface area contributed by atoms with E-state index in [0.717, 1.165) is 21.9 Å². The molecule has 0 radical (unpaired) electrons. The number of benzene rings is 1. The van der Waals surface area contributed by atoms with E-state index in [9.17, 15) is 0 Å². The second kappa shape index (κ2) is 7.22. The number of nitrogens with zero attached hydrogens (tertiary/aromatic N) is 4. The molecule has 9 heteroatoms. The summed E-state index contributed by atoms with van der Waals surface area (Å²) in [5.41, 5.74) is 1.70. The minimum Gasteiger partial charge on any atom is -0.497 e. The van der Waals surface area contributed by atoms with Crippen LogP contribution >= 0.6 is 23.1 Å². The summed E-state index contributed by atoms with van der Waals surface area (Å²) in [6, 6.07) is 11.5. The zero-order valence-corrected chi connectivity index (χ0v) is 15.5. The molecule has 0 unspecified atom stereocenters. The van der Waals surface area contributed by atoms with Gasteiger partial charge in [-0.3, -0.25) is 0 Å². The number of nitrogen functional groups attached to an aromatic ring is 1. The standard InChI is InChI=1S/C17H15N5O2S2/c1-23-13-6-4-11(5-7-13)15-20-21-17(22(15)18)26-10-12-9-24-16(19-12)14-3-2-8-25-14/h2-9H,10,18H2,1H3. The highest BCUT2D eigenvalue weighted by Crippen LogP contribution is 2.28. The zero-order valence-electron chi connectivity index (χ0n) is 13.8. The van der Waals surface area contributed by atoms with Gasteiger partial charge in [0.2, 0.25) is 11.0 Å². The van der Waals surface area contributed by atoms with E-state index in [-0.39, 0.29) is 0 Å². The van der Waals surface area contributed by atoms with Crippen molar-refractivity contribution in [1.29, 1.82) is 0 Å². The number of thioether (sulfide) groups is 1. The highest BCUT2D eigenvalue weighted by atomic mass is 32.2. The maximum Gasteiger partial charge on any atom is 0.236 e. The molecule has 0 aliphatic carbocycles. The van der Waals surface area contributed by atoms with Gasteiger partial charge >= 0.3 is 0 Å². The fraction of sp³-hybridized carbons (Fsp3) is 0.118. The van der Waals surface area contributed by atoms with Crippen molar-refractivity contribution < 1.29 is 9.15 Å². The lowest BCUT2D eigenvalue weighted by Gasteiger charge is -2.04. The van der Waals surface area contributed by atoms with Gasteiger partial charge < -0.3 is 15.0 Å². The molecular formula is C17H15N5O2S2. The number of ether oxygens (including phenoxy) is 1. The molecule has 3 heterocycles. The molecule has 1 aromatic carbocycles.